The molecule has 0 saturated carbocycles. The number of hydrogen-bond acceptors (Lipinski definition) is 3. The predicted molar refractivity (Wildman–Crippen MR) is 81.6 cm³/mol. The first-order chi connectivity index (χ1) is 10.6. The summed E-state index contributed by atoms with van der Waals surface area (Å²) in [6.07, 6.45) is 3.79. The molecule has 1 aliphatic rings. The maximum atomic E-state index is 12.2. The van der Waals surface area contributed by atoms with Gasteiger partial charge in [0.15, 0.2) is 0 Å². The van der Waals surface area contributed by atoms with Crippen molar-refractivity contribution in [2.24, 2.45) is 5.92 Å². The standard InChI is InChI=1S/C17H19NO4/c1-2-3-7-12(17(21)22)8-6-11-18-15(19)13-9-4-5-10-14(13)16(18)20/h2,4-5,9-10,12H,1,3,6-8,11H2,(H,21,22). The number of nitrogens with zero attached hydrogens (tertiary/aromatic N) is 1. The van der Waals surface area contributed by atoms with Crippen LogP contribution in [-0.2, 0) is 4.79 Å². The lowest BCUT2D eigenvalue weighted by Crippen LogP contribution is -2.31. The van der Waals surface area contributed by atoms with Crippen molar-refractivity contribution in [3.8, 4) is 0 Å². The molecule has 1 aromatic carbocycles. The van der Waals surface area contributed by atoms with Crippen molar-refractivity contribution < 1.29 is 19.5 Å². The minimum atomic E-state index is -0.843. The van der Waals surface area contributed by atoms with E-state index < -0.39 is 11.9 Å². The highest BCUT2D eigenvalue weighted by Crippen LogP contribution is 2.23. The van der Waals surface area contributed by atoms with Gasteiger partial charge in [0.05, 0.1) is 17.0 Å². The van der Waals surface area contributed by atoms with Crippen LogP contribution in [0.25, 0.3) is 0 Å². The molecule has 1 atom stereocenters. The maximum absolute atomic E-state index is 12.2. The van der Waals surface area contributed by atoms with Gasteiger partial charge in [-0.25, -0.2) is 0 Å². The summed E-state index contributed by atoms with van der Waals surface area (Å²) in [7, 11) is 0. The molecule has 1 aliphatic heterocycles. The van der Waals surface area contributed by atoms with Crippen LogP contribution >= 0.6 is 0 Å². The normalized spacial score (nSPS) is 14.8. The van der Waals surface area contributed by atoms with E-state index in [1.165, 1.54) is 4.90 Å². The summed E-state index contributed by atoms with van der Waals surface area (Å²) in [6, 6.07) is 6.73. The first-order valence-electron chi connectivity index (χ1n) is 7.35. The summed E-state index contributed by atoms with van der Waals surface area (Å²) in [5.41, 5.74) is 0.850. The fourth-order valence-corrected chi connectivity index (χ4v) is 2.65. The number of carbonyl (C=O) groups is 3. The number of fused-ring (bicyclic) bond motifs is 1. The Kier molecular flexibility index (Phi) is 5.09. The molecular weight excluding hydrogens is 282 g/mol. The summed E-state index contributed by atoms with van der Waals surface area (Å²) < 4.78 is 0. The molecule has 0 bridgehead atoms. The monoisotopic (exact) mass is 301 g/mol. The Morgan fingerprint density at radius 3 is 2.27 bits per heavy atom. The number of carboxylic acids is 1. The largest absolute Gasteiger partial charge is 0.481 e. The number of carboxylic acid groups (broad SMARTS) is 1. The molecule has 22 heavy (non-hydrogen) atoms. The van der Waals surface area contributed by atoms with Gasteiger partial charge >= 0.3 is 5.97 Å². The molecule has 5 heteroatoms. The average Bonchev–Trinajstić information content (AvgIpc) is 2.75. The summed E-state index contributed by atoms with van der Waals surface area (Å²) in [5.74, 6) is -1.89. The highest BCUT2D eigenvalue weighted by atomic mass is 16.4. The van der Waals surface area contributed by atoms with Crippen LogP contribution in [0.4, 0.5) is 0 Å². The van der Waals surface area contributed by atoms with Gasteiger partial charge in [-0.2, -0.15) is 0 Å². The van der Waals surface area contributed by atoms with Crippen LogP contribution in [0.1, 0.15) is 46.4 Å². The number of hydrogen-bond donors (Lipinski definition) is 1. The van der Waals surface area contributed by atoms with Gasteiger partial charge in [-0.3, -0.25) is 19.3 Å². The van der Waals surface area contributed by atoms with Crippen molar-refractivity contribution in [3.63, 3.8) is 0 Å². The van der Waals surface area contributed by atoms with E-state index in [4.69, 9.17) is 5.11 Å². The van der Waals surface area contributed by atoms with Gasteiger partial charge in [-0.05, 0) is 37.8 Å². The maximum Gasteiger partial charge on any atom is 0.306 e. The van der Waals surface area contributed by atoms with Crippen molar-refractivity contribution in [2.45, 2.75) is 25.7 Å². The van der Waals surface area contributed by atoms with E-state index in [1.54, 1.807) is 30.3 Å². The lowest BCUT2D eigenvalue weighted by molar-refractivity contribution is -0.142. The van der Waals surface area contributed by atoms with Gasteiger partial charge < -0.3 is 5.11 Å². The molecule has 0 aromatic heterocycles. The minimum absolute atomic E-state index is 0.254. The zero-order valence-electron chi connectivity index (χ0n) is 12.3. The molecule has 2 amide bonds. The zero-order chi connectivity index (χ0) is 16.1. The quantitative estimate of drug-likeness (QED) is 0.592. The van der Waals surface area contributed by atoms with E-state index in [0.29, 0.717) is 36.8 Å². The predicted octanol–water partition coefficient (Wildman–Crippen LogP) is 2.73. The summed E-state index contributed by atoms with van der Waals surface area (Å²) in [4.78, 5) is 36.7. The van der Waals surface area contributed by atoms with Crippen LogP contribution in [0.5, 0.6) is 0 Å². The topological polar surface area (TPSA) is 74.7 Å². The smallest absolute Gasteiger partial charge is 0.306 e. The number of aliphatic carboxylic acids is 1. The molecule has 1 aromatic rings. The van der Waals surface area contributed by atoms with Crippen LogP contribution in [0.3, 0.4) is 0 Å². The second-order valence-electron chi connectivity index (χ2n) is 5.35. The fraction of sp³-hybridized carbons (Fsp3) is 0.353. The van der Waals surface area contributed by atoms with Crippen LogP contribution in [0.2, 0.25) is 0 Å². The molecule has 1 heterocycles. The van der Waals surface area contributed by atoms with Gasteiger partial charge in [0.25, 0.3) is 11.8 Å². The van der Waals surface area contributed by atoms with E-state index in [-0.39, 0.29) is 18.4 Å². The summed E-state index contributed by atoms with van der Waals surface area (Å²) >= 11 is 0. The number of carbonyl (C=O) groups excluding carboxylic acids is 2. The molecule has 0 spiro atoms. The molecular formula is C17H19NO4. The van der Waals surface area contributed by atoms with Gasteiger partial charge in [0.1, 0.15) is 0 Å². The summed E-state index contributed by atoms with van der Waals surface area (Å²) in [6.45, 7) is 3.84. The lowest BCUT2D eigenvalue weighted by Gasteiger charge is -2.16. The number of benzene rings is 1. The third-order valence-corrected chi connectivity index (χ3v) is 3.88. The van der Waals surface area contributed by atoms with E-state index >= 15 is 0 Å². The van der Waals surface area contributed by atoms with Gasteiger partial charge in [-0.15, -0.1) is 6.58 Å². The molecule has 5 nitrogen and oxygen atoms in total. The molecule has 0 aliphatic carbocycles. The molecule has 2 rings (SSSR count). The van der Waals surface area contributed by atoms with Crippen molar-refractivity contribution in [2.75, 3.05) is 6.54 Å². The number of allylic oxidation sites excluding steroid dienone is 1. The Labute approximate surface area is 129 Å². The average molecular weight is 301 g/mol. The first-order valence-corrected chi connectivity index (χ1v) is 7.35. The van der Waals surface area contributed by atoms with Crippen LogP contribution in [0, 0.1) is 5.92 Å². The molecule has 1 unspecified atom stereocenters. The Morgan fingerprint density at radius 2 is 1.77 bits per heavy atom. The van der Waals surface area contributed by atoms with Gasteiger partial charge in [0.2, 0.25) is 0 Å². The third kappa shape index (κ3) is 3.24. The van der Waals surface area contributed by atoms with Crippen molar-refractivity contribution in [1.29, 1.82) is 0 Å². The first kappa shape index (κ1) is 15.9. The van der Waals surface area contributed by atoms with Crippen LogP contribution < -0.4 is 0 Å². The SMILES string of the molecule is C=CCCC(CCCN1C(=O)c2ccccc2C1=O)C(=O)O. The molecule has 0 fully saturated rings. The third-order valence-electron chi connectivity index (χ3n) is 3.88. The Bertz CT molecular complexity index is 573. The Morgan fingerprint density at radius 1 is 1.18 bits per heavy atom. The molecule has 116 valence electrons. The molecule has 1 N–H and O–H groups in total. The molecule has 0 saturated heterocycles. The Hall–Kier alpha value is -2.43. The van der Waals surface area contributed by atoms with Crippen LogP contribution in [-0.4, -0.2) is 34.3 Å². The van der Waals surface area contributed by atoms with Gasteiger partial charge in [-0.1, -0.05) is 18.2 Å². The number of imide groups is 1. The summed E-state index contributed by atoms with van der Waals surface area (Å²) in [5, 5.41) is 9.16. The van der Waals surface area contributed by atoms with Crippen molar-refractivity contribution in [3.05, 3.63) is 48.0 Å². The van der Waals surface area contributed by atoms with E-state index in [2.05, 4.69) is 6.58 Å². The minimum Gasteiger partial charge on any atom is -0.481 e. The fourth-order valence-electron chi connectivity index (χ4n) is 2.65. The van der Waals surface area contributed by atoms with Gasteiger partial charge in [0, 0.05) is 6.54 Å². The van der Waals surface area contributed by atoms with Crippen molar-refractivity contribution in [1.82, 2.24) is 4.90 Å². The highest BCUT2D eigenvalue weighted by molar-refractivity contribution is 6.21. The van der Waals surface area contributed by atoms with Crippen LogP contribution in [0.15, 0.2) is 36.9 Å². The number of rotatable bonds is 8. The number of amides is 2. The highest BCUT2D eigenvalue weighted by Gasteiger charge is 2.34. The zero-order valence-corrected chi connectivity index (χ0v) is 12.3. The Balaban J connectivity index is 1.93. The van der Waals surface area contributed by atoms with E-state index in [9.17, 15) is 14.4 Å². The molecule has 0 radical (unpaired) electrons. The lowest BCUT2D eigenvalue weighted by atomic mass is 9.97. The second-order valence-corrected chi connectivity index (χ2v) is 5.35. The van der Waals surface area contributed by atoms with E-state index in [0.717, 1.165) is 0 Å². The second kappa shape index (κ2) is 7.02. The van der Waals surface area contributed by atoms with Crippen molar-refractivity contribution >= 4 is 17.8 Å². The van der Waals surface area contributed by atoms with E-state index in [1.807, 2.05) is 0 Å².